The molecule has 1 N–H and O–H groups in total. The molecule has 5 rings (SSSR count). The average molecular weight is 540 g/mol. The zero-order valence-corrected chi connectivity index (χ0v) is 21.6. The van der Waals surface area contributed by atoms with Crippen LogP contribution in [-0.4, -0.2) is 62.4 Å². The molecule has 2 saturated heterocycles. The molecule has 0 saturated carbocycles. The first kappa shape index (κ1) is 26.8. The predicted molar refractivity (Wildman–Crippen MR) is 135 cm³/mol. The van der Waals surface area contributed by atoms with Crippen LogP contribution in [-0.2, 0) is 16.3 Å². The van der Waals surface area contributed by atoms with E-state index >= 15 is 0 Å². The van der Waals surface area contributed by atoms with Gasteiger partial charge in [0.15, 0.2) is 5.82 Å². The van der Waals surface area contributed by atoms with Crippen LogP contribution < -0.4 is 5.32 Å². The topological polar surface area (TPSA) is 109 Å². The first-order chi connectivity index (χ1) is 18.6. The van der Waals surface area contributed by atoms with Gasteiger partial charge in [0.05, 0.1) is 52.8 Å². The van der Waals surface area contributed by atoms with Crippen LogP contribution in [0.25, 0.3) is 5.82 Å². The van der Waals surface area contributed by atoms with Gasteiger partial charge < -0.3 is 10.1 Å². The number of carbonyl (C=O) groups excluding carboxylic acids is 1. The third-order valence-corrected chi connectivity index (χ3v) is 7.73. The maximum Gasteiger partial charge on any atom is 0.417 e. The molecule has 0 radical (unpaired) electrons. The molecular weight excluding hydrogens is 511 g/mol. The summed E-state index contributed by atoms with van der Waals surface area (Å²) < 4.78 is 45.5. The van der Waals surface area contributed by atoms with Crippen molar-refractivity contribution < 1.29 is 22.7 Å². The molecule has 1 amide bonds. The molecule has 0 aromatic carbocycles. The van der Waals surface area contributed by atoms with Crippen molar-refractivity contribution in [2.24, 2.45) is 0 Å². The monoisotopic (exact) mass is 539 g/mol. The maximum atomic E-state index is 12.9. The fourth-order valence-electron chi connectivity index (χ4n) is 5.35. The minimum atomic E-state index is -4.49. The quantitative estimate of drug-likeness (QED) is 0.516. The predicted octanol–water partition coefficient (Wildman–Crippen LogP) is 4.28. The number of hydrogen-bond donors (Lipinski definition) is 1. The highest BCUT2D eigenvalue weighted by molar-refractivity contribution is 6.04. The third-order valence-electron chi connectivity index (χ3n) is 7.73. The van der Waals surface area contributed by atoms with Crippen molar-refractivity contribution in [1.29, 1.82) is 5.26 Å². The van der Waals surface area contributed by atoms with Gasteiger partial charge in [-0.05, 0) is 57.4 Å². The van der Waals surface area contributed by atoms with Crippen molar-refractivity contribution in [3.8, 4) is 11.9 Å². The van der Waals surface area contributed by atoms with E-state index in [-0.39, 0.29) is 17.5 Å². The highest BCUT2D eigenvalue weighted by Crippen LogP contribution is 2.36. The molecule has 9 nitrogen and oxygen atoms in total. The molecule has 5 heterocycles. The lowest BCUT2D eigenvalue weighted by molar-refractivity contribution is -0.137. The standard InChI is InChI=1S/C27H28F3N7O2/c1-17-21(15-34-37(17)24-6-3-19(13-33-24)27(28,29)30)25(38)35-20-4-5-23(32-14-20)26(16-31)8-10-36(11-9-26)22-7-12-39-18(22)2/h3-6,13-15,18,22H,7-12H2,1-2H3,(H,35,38)/t18-,22-/m0/s1. The number of piperidine rings is 1. The first-order valence-electron chi connectivity index (χ1n) is 12.7. The Bertz CT molecular complexity index is 1370. The van der Waals surface area contributed by atoms with E-state index in [9.17, 15) is 23.2 Å². The summed E-state index contributed by atoms with van der Waals surface area (Å²) in [6, 6.07) is 8.48. The van der Waals surface area contributed by atoms with Crippen LogP contribution >= 0.6 is 0 Å². The Morgan fingerprint density at radius 3 is 2.49 bits per heavy atom. The van der Waals surface area contributed by atoms with Crippen LogP contribution in [0.4, 0.5) is 18.9 Å². The van der Waals surface area contributed by atoms with E-state index in [0.29, 0.717) is 36.0 Å². The van der Waals surface area contributed by atoms with Gasteiger partial charge in [0.2, 0.25) is 0 Å². The van der Waals surface area contributed by atoms with Crippen LogP contribution in [0, 0.1) is 18.3 Å². The number of rotatable bonds is 5. The van der Waals surface area contributed by atoms with E-state index in [1.807, 2.05) is 0 Å². The highest BCUT2D eigenvalue weighted by Gasteiger charge is 2.41. The smallest absolute Gasteiger partial charge is 0.377 e. The molecule has 3 aromatic heterocycles. The Kier molecular flexibility index (Phi) is 7.13. The Labute approximate surface area is 223 Å². The summed E-state index contributed by atoms with van der Waals surface area (Å²) in [6.45, 7) is 6.08. The lowest BCUT2D eigenvalue weighted by atomic mass is 9.76. The summed E-state index contributed by atoms with van der Waals surface area (Å²) in [7, 11) is 0. The van der Waals surface area contributed by atoms with Crippen LogP contribution in [0.5, 0.6) is 0 Å². The van der Waals surface area contributed by atoms with Crippen molar-refractivity contribution in [3.63, 3.8) is 0 Å². The molecular formula is C27H28F3N7O2. The number of anilines is 1. The summed E-state index contributed by atoms with van der Waals surface area (Å²) in [5.41, 5.74) is 0.232. The summed E-state index contributed by atoms with van der Waals surface area (Å²) in [5, 5.41) is 17.0. The third kappa shape index (κ3) is 5.24. The number of alkyl halides is 3. The number of nitrogens with zero attached hydrogens (tertiary/aromatic N) is 6. The average Bonchev–Trinajstić information content (AvgIpc) is 3.54. The second-order valence-corrected chi connectivity index (χ2v) is 10.0. The first-order valence-corrected chi connectivity index (χ1v) is 12.7. The second kappa shape index (κ2) is 10.4. The summed E-state index contributed by atoms with van der Waals surface area (Å²) >= 11 is 0. The highest BCUT2D eigenvalue weighted by atomic mass is 19.4. The number of aromatic nitrogens is 4. The molecule has 0 aliphatic carbocycles. The molecule has 2 fully saturated rings. The molecule has 2 aliphatic rings. The van der Waals surface area contributed by atoms with Crippen molar-refractivity contribution >= 4 is 11.6 Å². The van der Waals surface area contributed by atoms with Gasteiger partial charge in [0, 0.05) is 31.9 Å². The molecule has 2 aliphatic heterocycles. The van der Waals surface area contributed by atoms with E-state index in [4.69, 9.17) is 4.74 Å². The van der Waals surface area contributed by atoms with E-state index < -0.39 is 23.1 Å². The van der Waals surface area contributed by atoms with Gasteiger partial charge in [-0.25, -0.2) is 9.67 Å². The molecule has 3 aromatic rings. The van der Waals surface area contributed by atoms with Gasteiger partial charge in [-0.3, -0.25) is 14.7 Å². The number of hydrogen-bond acceptors (Lipinski definition) is 7. The molecule has 0 spiro atoms. The van der Waals surface area contributed by atoms with E-state index in [2.05, 4.69) is 38.3 Å². The van der Waals surface area contributed by atoms with Crippen LogP contribution in [0.3, 0.4) is 0 Å². The van der Waals surface area contributed by atoms with E-state index in [0.717, 1.165) is 38.4 Å². The lowest BCUT2D eigenvalue weighted by Gasteiger charge is -2.40. The molecule has 0 unspecified atom stereocenters. The fraction of sp³-hybridized carbons (Fsp3) is 0.444. The Morgan fingerprint density at radius 1 is 1.15 bits per heavy atom. The second-order valence-electron chi connectivity index (χ2n) is 10.0. The van der Waals surface area contributed by atoms with Gasteiger partial charge in [0.25, 0.3) is 5.91 Å². The van der Waals surface area contributed by atoms with E-state index in [1.54, 1.807) is 19.1 Å². The molecule has 0 bridgehead atoms. The minimum absolute atomic E-state index is 0.160. The SMILES string of the molecule is Cc1c(C(=O)Nc2ccc(C3(C#N)CCN([C@H]4CCO[C@H]4C)CC3)nc2)cnn1-c1ccc(C(F)(F)F)cn1. The van der Waals surface area contributed by atoms with Crippen LogP contribution in [0.2, 0.25) is 0 Å². The number of nitriles is 1. The normalized spacial score (nSPS) is 21.4. The van der Waals surface area contributed by atoms with Crippen LogP contribution in [0.15, 0.2) is 42.9 Å². The number of pyridine rings is 2. The van der Waals surface area contributed by atoms with Gasteiger partial charge in [-0.15, -0.1) is 0 Å². The van der Waals surface area contributed by atoms with Crippen molar-refractivity contribution in [1.82, 2.24) is 24.6 Å². The molecule has 204 valence electrons. The maximum absolute atomic E-state index is 12.9. The van der Waals surface area contributed by atoms with Crippen molar-refractivity contribution in [2.45, 2.75) is 56.8 Å². The number of amides is 1. The zero-order chi connectivity index (χ0) is 27.8. The van der Waals surface area contributed by atoms with Crippen LogP contribution in [0.1, 0.15) is 53.5 Å². The lowest BCUT2D eigenvalue weighted by Crippen LogP contribution is -2.48. The fourth-order valence-corrected chi connectivity index (χ4v) is 5.35. The minimum Gasteiger partial charge on any atom is -0.377 e. The number of carbonyl (C=O) groups is 1. The zero-order valence-electron chi connectivity index (χ0n) is 21.6. The Hall–Kier alpha value is -3.82. The van der Waals surface area contributed by atoms with Gasteiger partial charge >= 0.3 is 6.18 Å². The largest absolute Gasteiger partial charge is 0.417 e. The number of likely N-dealkylation sites (tertiary alicyclic amines) is 1. The molecule has 12 heteroatoms. The molecule has 39 heavy (non-hydrogen) atoms. The summed E-state index contributed by atoms with van der Waals surface area (Å²) in [5.74, 6) is -0.287. The Morgan fingerprint density at radius 2 is 1.92 bits per heavy atom. The van der Waals surface area contributed by atoms with Gasteiger partial charge in [-0.2, -0.15) is 23.5 Å². The number of halogens is 3. The van der Waals surface area contributed by atoms with Gasteiger partial charge in [-0.1, -0.05) is 0 Å². The number of ether oxygens (including phenoxy) is 1. The molecule has 2 atom stereocenters. The van der Waals surface area contributed by atoms with Gasteiger partial charge in [0.1, 0.15) is 5.41 Å². The number of nitrogens with one attached hydrogen (secondary N) is 1. The van der Waals surface area contributed by atoms with E-state index in [1.165, 1.54) is 23.1 Å². The Balaban J connectivity index is 1.25. The summed E-state index contributed by atoms with van der Waals surface area (Å²) in [4.78, 5) is 23.7. The summed E-state index contributed by atoms with van der Waals surface area (Å²) in [6.07, 6.45) is 1.64. The van der Waals surface area contributed by atoms with Crippen molar-refractivity contribution in [3.05, 3.63) is 65.4 Å². The van der Waals surface area contributed by atoms with Crippen molar-refractivity contribution in [2.75, 3.05) is 25.0 Å².